The summed E-state index contributed by atoms with van der Waals surface area (Å²) < 4.78 is 10.3. The fourth-order valence-electron chi connectivity index (χ4n) is 1.62. The molecule has 1 rings (SSSR count). The van der Waals surface area contributed by atoms with E-state index in [9.17, 15) is 14.7 Å². The zero-order chi connectivity index (χ0) is 15.8. The van der Waals surface area contributed by atoms with E-state index in [0.29, 0.717) is 10.6 Å². The molecular formula is C15H17ClO5. The van der Waals surface area contributed by atoms with Crippen LogP contribution in [0.1, 0.15) is 19.4 Å². The molecule has 6 heteroatoms. The van der Waals surface area contributed by atoms with E-state index >= 15 is 0 Å². The molecular weight excluding hydrogens is 296 g/mol. The molecule has 1 aromatic carbocycles. The Balaban J connectivity index is 3.14. The van der Waals surface area contributed by atoms with Crippen LogP contribution in [0.5, 0.6) is 0 Å². The average molecular weight is 313 g/mol. The Bertz CT molecular complexity index is 533. The fraction of sp³-hybridized carbons (Fsp3) is 0.333. The molecule has 0 bridgehead atoms. The first-order valence-electron chi connectivity index (χ1n) is 6.48. The third-order valence-corrected chi connectivity index (χ3v) is 2.90. The van der Waals surface area contributed by atoms with Crippen LogP contribution in [0.3, 0.4) is 0 Å². The van der Waals surface area contributed by atoms with Crippen molar-refractivity contribution in [2.24, 2.45) is 0 Å². The maximum Gasteiger partial charge on any atom is 0.339 e. The van der Waals surface area contributed by atoms with Crippen LogP contribution >= 0.6 is 11.6 Å². The number of aliphatic carboxylic acids is 1. The Morgan fingerprint density at radius 3 is 2.29 bits per heavy atom. The zero-order valence-electron chi connectivity index (χ0n) is 11.8. The van der Waals surface area contributed by atoms with Gasteiger partial charge in [-0.25, -0.2) is 4.79 Å². The van der Waals surface area contributed by atoms with Crippen LogP contribution in [-0.4, -0.2) is 36.4 Å². The summed E-state index contributed by atoms with van der Waals surface area (Å²) in [6, 6.07) is 6.64. The Morgan fingerprint density at radius 1 is 1.24 bits per heavy atom. The van der Waals surface area contributed by atoms with Gasteiger partial charge in [-0.1, -0.05) is 29.8 Å². The second-order valence-corrected chi connectivity index (χ2v) is 4.40. The van der Waals surface area contributed by atoms with Gasteiger partial charge in [0.25, 0.3) is 0 Å². The van der Waals surface area contributed by atoms with Crippen molar-refractivity contribution < 1.29 is 24.2 Å². The first kappa shape index (κ1) is 17.4. The average Bonchev–Trinajstić information content (AvgIpc) is 2.45. The molecule has 0 aliphatic heterocycles. The monoisotopic (exact) mass is 312 g/mol. The van der Waals surface area contributed by atoms with Crippen LogP contribution in [0.2, 0.25) is 5.02 Å². The highest BCUT2D eigenvalue weighted by Crippen LogP contribution is 2.19. The maximum absolute atomic E-state index is 12.2. The molecule has 0 radical (unpaired) electrons. The summed E-state index contributed by atoms with van der Waals surface area (Å²) in [5.41, 5.74) is 0.00617. The highest BCUT2D eigenvalue weighted by Gasteiger charge is 2.27. The molecule has 1 N–H and O–H groups in total. The first-order valence-corrected chi connectivity index (χ1v) is 6.86. The molecule has 21 heavy (non-hydrogen) atoms. The Morgan fingerprint density at radius 2 is 1.81 bits per heavy atom. The normalized spacial score (nSPS) is 11.7. The van der Waals surface area contributed by atoms with Crippen molar-refractivity contribution in [3.8, 4) is 0 Å². The van der Waals surface area contributed by atoms with Gasteiger partial charge >= 0.3 is 5.97 Å². The second-order valence-electron chi connectivity index (χ2n) is 3.99. The summed E-state index contributed by atoms with van der Waals surface area (Å²) in [5, 5.41) is 9.59. The highest BCUT2D eigenvalue weighted by molar-refractivity contribution is 6.32. The highest BCUT2D eigenvalue weighted by atomic mass is 35.5. The van der Waals surface area contributed by atoms with Crippen molar-refractivity contribution in [1.29, 1.82) is 0 Å². The number of Topliss-reactive ketones (excluding diaryl/α,β-unsaturated/α-hetero) is 1. The molecule has 0 fully saturated rings. The number of carbonyl (C=O) groups excluding carboxylic acids is 1. The summed E-state index contributed by atoms with van der Waals surface area (Å²) in [6.07, 6.45) is -0.0114. The molecule has 0 amide bonds. The summed E-state index contributed by atoms with van der Waals surface area (Å²) in [5.74, 6) is -2.10. The van der Waals surface area contributed by atoms with E-state index in [4.69, 9.17) is 21.1 Å². The lowest BCUT2D eigenvalue weighted by molar-refractivity contribution is -0.165. The number of carboxylic acids is 1. The van der Waals surface area contributed by atoms with Crippen molar-refractivity contribution in [3.05, 3.63) is 40.4 Å². The summed E-state index contributed by atoms with van der Waals surface area (Å²) in [6.45, 7) is 3.85. The molecule has 114 valence electrons. The van der Waals surface area contributed by atoms with Gasteiger partial charge in [-0.05, 0) is 31.6 Å². The first-order chi connectivity index (χ1) is 10.0. The van der Waals surface area contributed by atoms with E-state index in [1.807, 2.05) is 0 Å². The molecule has 0 saturated carbocycles. The minimum Gasteiger partial charge on any atom is -0.478 e. The van der Waals surface area contributed by atoms with E-state index in [2.05, 4.69) is 0 Å². The number of ether oxygens (including phenoxy) is 2. The third kappa shape index (κ3) is 4.97. The SMILES string of the molecule is CCOC(OCC)C(=O)C(=Cc1ccccc1Cl)C(=O)O. The van der Waals surface area contributed by atoms with Crippen LogP contribution in [0.15, 0.2) is 29.8 Å². The van der Waals surface area contributed by atoms with Crippen molar-refractivity contribution in [2.45, 2.75) is 20.1 Å². The lowest BCUT2D eigenvalue weighted by Crippen LogP contribution is -2.31. The van der Waals surface area contributed by atoms with Gasteiger partial charge in [0.2, 0.25) is 12.1 Å². The Hall–Kier alpha value is -1.69. The van der Waals surface area contributed by atoms with Gasteiger partial charge in [0.15, 0.2) is 0 Å². The van der Waals surface area contributed by atoms with Crippen LogP contribution < -0.4 is 0 Å². The third-order valence-electron chi connectivity index (χ3n) is 2.55. The van der Waals surface area contributed by atoms with E-state index in [0.717, 1.165) is 0 Å². The molecule has 1 aromatic rings. The molecule has 0 heterocycles. The van der Waals surface area contributed by atoms with Gasteiger partial charge in [-0.3, -0.25) is 4.79 Å². The molecule has 0 aliphatic rings. The summed E-state index contributed by atoms with van der Waals surface area (Å²) >= 11 is 5.97. The molecule has 0 aliphatic carbocycles. The zero-order valence-corrected chi connectivity index (χ0v) is 12.6. The van der Waals surface area contributed by atoms with Gasteiger partial charge in [0.1, 0.15) is 5.57 Å². The summed E-state index contributed by atoms with van der Waals surface area (Å²) in [4.78, 5) is 23.6. The van der Waals surface area contributed by atoms with Crippen LogP contribution in [0, 0.1) is 0 Å². The molecule has 0 aromatic heterocycles. The van der Waals surface area contributed by atoms with E-state index in [-0.39, 0.29) is 13.2 Å². The van der Waals surface area contributed by atoms with Gasteiger partial charge < -0.3 is 14.6 Å². The number of benzene rings is 1. The fourth-order valence-corrected chi connectivity index (χ4v) is 1.81. The van der Waals surface area contributed by atoms with Crippen molar-refractivity contribution >= 4 is 29.4 Å². The molecule has 0 unspecified atom stereocenters. The van der Waals surface area contributed by atoms with Gasteiger partial charge in [0, 0.05) is 18.2 Å². The van der Waals surface area contributed by atoms with Crippen molar-refractivity contribution in [2.75, 3.05) is 13.2 Å². The predicted molar refractivity (Wildman–Crippen MR) is 79.1 cm³/mol. The Kier molecular flexibility index (Phi) is 7.08. The Labute approximate surface area is 128 Å². The topological polar surface area (TPSA) is 72.8 Å². The van der Waals surface area contributed by atoms with Crippen LogP contribution in [0.4, 0.5) is 0 Å². The quantitative estimate of drug-likeness (QED) is 0.346. The predicted octanol–water partition coefficient (Wildman–Crippen LogP) is 2.78. The standard InChI is InChI=1S/C15H17ClO5/c1-3-20-15(21-4-2)13(17)11(14(18)19)9-10-7-5-6-8-12(10)16/h5-9,15H,3-4H2,1-2H3,(H,18,19). The smallest absolute Gasteiger partial charge is 0.339 e. The second kappa shape index (κ2) is 8.56. The van der Waals surface area contributed by atoms with Crippen LogP contribution in [0.25, 0.3) is 6.08 Å². The number of hydrogen-bond donors (Lipinski definition) is 1. The van der Waals surface area contributed by atoms with E-state index in [1.165, 1.54) is 6.08 Å². The van der Waals surface area contributed by atoms with E-state index in [1.54, 1.807) is 38.1 Å². The van der Waals surface area contributed by atoms with Gasteiger partial charge in [-0.2, -0.15) is 0 Å². The number of carboxylic acid groups (broad SMARTS) is 1. The van der Waals surface area contributed by atoms with Crippen molar-refractivity contribution in [3.63, 3.8) is 0 Å². The van der Waals surface area contributed by atoms with Crippen LogP contribution in [-0.2, 0) is 19.1 Å². The maximum atomic E-state index is 12.2. The van der Waals surface area contributed by atoms with Gasteiger partial charge in [0.05, 0.1) is 0 Å². The lowest BCUT2D eigenvalue weighted by Gasteiger charge is -2.15. The minimum absolute atomic E-state index is 0.232. The number of carbonyl (C=O) groups is 2. The minimum atomic E-state index is -1.36. The van der Waals surface area contributed by atoms with Gasteiger partial charge in [-0.15, -0.1) is 0 Å². The molecule has 0 saturated heterocycles. The number of ketones is 1. The molecule has 5 nitrogen and oxygen atoms in total. The van der Waals surface area contributed by atoms with E-state index < -0.39 is 23.6 Å². The number of halogens is 1. The summed E-state index contributed by atoms with van der Waals surface area (Å²) in [7, 11) is 0. The van der Waals surface area contributed by atoms with Crippen molar-refractivity contribution in [1.82, 2.24) is 0 Å². The number of hydrogen-bond acceptors (Lipinski definition) is 4. The number of rotatable bonds is 8. The molecule has 0 spiro atoms. The lowest BCUT2D eigenvalue weighted by atomic mass is 10.1. The molecule has 0 atom stereocenters. The largest absolute Gasteiger partial charge is 0.478 e.